The number of hydrogen-bond acceptors (Lipinski definition) is 2. The van der Waals surface area contributed by atoms with E-state index in [-0.39, 0.29) is 5.41 Å². The number of hydrogen-bond donors (Lipinski definition) is 1. The van der Waals surface area contributed by atoms with E-state index in [0.29, 0.717) is 11.5 Å². The summed E-state index contributed by atoms with van der Waals surface area (Å²) in [6, 6.07) is 9.39. The van der Waals surface area contributed by atoms with Gasteiger partial charge in [0.1, 0.15) is 5.75 Å². The van der Waals surface area contributed by atoms with E-state index >= 15 is 0 Å². The van der Waals surface area contributed by atoms with Gasteiger partial charge in [0, 0.05) is 6.04 Å². The molecule has 1 saturated heterocycles. The van der Waals surface area contributed by atoms with Crippen LogP contribution in [0.4, 0.5) is 0 Å². The Morgan fingerprint density at radius 3 is 2.30 bits per heavy atom. The quantitative estimate of drug-likeness (QED) is 0.767. The molecule has 0 saturated carbocycles. The Labute approximate surface area is 143 Å². The Kier molecular flexibility index (Phi) is 6.13. The highest BCUT2D eigenvalue weighted by molar-refractivity contribution is 5.31. The van der Waals surface area contributed by atoms with Gasteiger partial charge >= 0.3 is 0 Å². The highest BCUT2D eigenvalue weighted by Gasteiger charge is 2.27. The second kappa shape index (κ2) is 7.70. The maximum Gasteiger partial charge on any atom is 0.119 e. The summed E-state index contributed by atoms with van der Waals surface area (Å²) >= 11 is 0. The second-order valence-corrected chi connectivity index (χ2v) is 8.93. The summed E-state index contributed by atoms with van der Waals surface area (Å²) < 4.78 is 5.94. The van der Waals surface area contributed by atoms with Gasteiger partial charge < -0.3 is 10.1 Å². The van der Waals surface area contributed by atoms with Crippen LogP contribution in [-0.2, 0) is 5.41 Å². The molecule has 0 bridgehead atoms. The second-order valence-electron chi connectivity index (χ2n) is 8.93. The van der Waals surface area contributed by atoms with Crippen molar-refractivity contribution in [2.75, 3.05) is 13.2 Å². The van der Waals surface area contributed by atoms with Gasteiger partial charge in [-0.15, -0.1) is 0 Å². The molecule has 1 aliphatic heterocycles. The first-order valence-electron chi connectivity index (χ1n) is 9.23. The molecule has 1 fully saturated rings. The minimum atomic E-state index is 0.197. The maximum absolute atomic E-state index is 5.94. The SMILES string of the molecule is CC(C)(C)CC(C)(C)c1ccc(OCC[C@H]2CCCCN2)cc1. The van der Waals surface area contributed by atoms with Gasteiger partial charge in [-0.2, -0.15) is 0 Å². The van der Waals surface area contributed by atoms with Gasteiger partial charge in [0.05, 0.1) is 6.61 Å². The zero-order valence-electron chi connectivity index (χ0n) is 15.7. The Morgan fingerprint density at radius 2 is 1.74 bits per heavy atom. The first-order chi connectivity index (χ1) is 10.8. The van der Waals surface area contributed by atoms with Gasteiger partial charge in [0.25, 0.3) is 0 Å². The predicted molar refractivity (Wildman–Crippen MR) is 99.3 cm³/mol. The molecule has 2 heteroatoms. The van der Waals surface area contributed by atoms with Gasteiger partial charge in [-0.05, 0) is 60.8 Å². The zero-order valence-corrected chi connectivity index (χ0v) is 15.7. The van der Waals surface area contributed by atoms with Gasteiger partial charge in [0.15, 0.2) is 0 Å². The van der Waals surface area contributed by atoms with Crippen molar-refractivity contribution in [3.63, 3.8) is 0 Å². The molecule has 1 heterocycles. The van der Waals surface area contributed by atoms with Crippen molar-refractivity contribution < 1.29 is 4.74 Å². The van der Waals surface area contributed by atoms with Crippen LogP contribution in [0.5, 0.6) is 5.75 Å². The van der Waals surface area contributed by atoms with E-state index in [0.717, 1.165) is 18.8 Å². The maximum atomic E-state index is 5.94. The average molecular weight is 318 g/mol. The van der Waals surface area contributed by atoms with Crippen LogP contribution < -0.4 is 10.1 Å². The summed E-state index contributed by atoms with van der Waals surface area (Å²) in [7, 11) is 0. The van der Waals surface area contributed by atoms with E-state index < -0.39 is 0 Å². The fourth-order valence-electron chi connectivity index (χ4n) is 3.92. The van der Waals surface area contributed by atoms with E-state index in [1.54, 1.807) is 0 Å². The molecule has 0 aromatic heterocycles. The number of rotatable bonds is 6. The minimum absolute atomic E-state index is 0.197. The van der Waals surface area contributed by atoms with Crippen LogP contribution in [0.3, 0.4) is 0 Å². The van der Waals surface area contributed by atoms with Crippen LogP contribution in [0, 0.1) is 5.41 Å². The molecule has 0 spiro atoms. The lowest BCUT2D eigenvalue weighted by Crippen LogP contribution is -2.35. The largest absolute Gasteiger partial charge is 0.494 e. The molecule has 2 rings (SSSR count). The van der Waals surface area contributed by atoms with E-state index in [2.05, 4.69) is 64.2 Å². The smallest absolute Gasteiger partial charge is 0.119 e. The molecule has 1 N–H and O–H groups in total. The standard InChI is InChI=1S/C21H35NO/c1-20(2,3)16-21(4,5)17-9-11-19(12-10-17)23-15-13-18-8-6-7-14-22-18/h9-12,18,22H,6-8,13-16H2,1-5H3/t18-/m1/s1. The van der Waals surface area contributed by atoms with Crippen molar-refractivity contribution >= 4 is 0 Å². The molecule has 23 heavy (non-hydrogen) atoms. The van der Waals surface area contributed by atoms with Crippen molar-refractivity contribution in [1.29, 1.82) is 0 Å². The predicted octanol–water partition coefficient (Wildman–Crippen LogP) is 5.31. The lowest BCUT2D eigenvalue weighted by Gasteiger charge is -2.33. The molecule has 0 aliphatic carbocycles. The van der Waals surface area contributed by atoms with Gasteiger partial charge in [-0.3, -0.25) is 0 Å². The first-order valence-corrected chi connectivity index (χ1v) is 9.23. The lowest BCUT2D eigenvalue weighted by atomic mass is 9.72. The number of piperidine rings is 1. The third-order valence-corrected chi connectivity index (χ3v) is 4.76. The Morgan fingerprint density at radius 1 is 1.04 bits per heavy atom. The van der Waals surface area contributed by atoms with E-state index in [4.69, 9.17) is 4.74 Å². The number of benzene rings is 1. The Hall–Kier alpha value is -1.02. The summed E-state index contributed by atoms with van der Waals surface area (Å²) in [4.78, 5) is 0. The van der Waals surface area contributed by atoms with Gasteiger partial charge in [-0.1, -0.05) is 53.2 Å². The van der Waals surface area contributed by atoms with Crippen LogP contribution >= 0.6 is 0 Å². The van der Waals surface area contributed by atoms with Crippen LogP contribution in [0.15, 0.2) is 24.3 Å². The third kappa shape index (κ3) is 6.18. The highest BCUT2D eigenvalue weighted by Crippen LogP contribution is 2.36. The van der Waals surface area contributed by atoms with Crippen LogP contribution in [-0.4, -0.2) is 19.2 Å². The number of ether oxygens (including phenoxy) is 1. The molecule has 1 atom stereocenters. The average Bonchev–Trinajstić information content (AvgIpc) is 2.46. The summed E-state index contributed by atoms with van der Waals surface area (Å²) in [6.07, 6.45) is 6.26. The summed E-state index contributed by atoms with van der Waals surface area (Å²) in [5.41, 5.74) is 1.93. The molecule has 0 radical (unpaired) electrons. The van der Waals surface area contributed by atoms with Crippen molar-refractivity contribution in [1.82, 2.24) is 5.32 Å². The molecule has 2 nitrogen and oxygen atoms in total. The van der Waals surface area contributed by atoms with Crippen LogP contribution in [0.1, 0.15) is 72.3 Å². The van der Waals surface area contributed by atoms with Crippen molar-refractivity contribution in [3.8, 4) is 5.75 Å². The van der Waals surface area contributed by atoms with E-state index in [1.807, 2.05) is 0 Å². The van der Waals surface area contributed by atoms with Gasteiger partial charge in [-0.25, -0.2) is 0 Å². The van der Waals surface area contributed by atoms with Gasteiger partial charge in [0.2, 0.25) is 0 Å². The monoisotopic (exact) mass is 317 g/mol. The summed E-state index contributed by atoms with van der Waals surface area (Å²) in [5, 5.41) is 3.58. The van der Waals surface area contributed by atoms with E-state index in [9.17, 15) is 0 Å². The third-order valence-electron chi connectivity index (χ3n) is 4.76. The Bertz CT molecular complexity index is 464. The Balaban J connectivity index is 1.84. The molecular weight excluding hydrogens is 282 g/mol. The fraction of sp³-hybridized carbons (Fsp3) is 0.714. The molecule has 130 valence electrons. The van der Waals surface area contributed by atoms with Crippen LogP contribution in [0.25, 0.3) is 0 Å². The summed E-state index contributed by atoms with van der Waals surface area (Å²) in [5.74, 6) is 0.996. The molecule has 1 aromatic rings. The molecule has 0 amide bonds. The number of nitrogens with one attached hydrogen (secondary N) is 1. The van der Waals surface area contributed by atoms with E-state index in [1.165, 1.54) is 37.8 Å². The van der Waals surface area contributed by atoms with Crippen molar-refractivity contribution in [3.05, 3.63) is 29.8 Å². The highest BCUT2D eigenvalue weighted by atomic mass is 16.5. The normalized spacial score (nSPS) is 19.6. The minimum Gasteiger partial charge on any atom is -0.494 e. The molecule has 0 unspecified atom stereocenters. The van der Waals surface area contributed by atoms with Crippen molar-refractivity contribution in [2.45, 2.75) is 78.2 Å². The van der Waals surface area contributed by atoms with Crippen LogP contribution in [0.2, 0.25) is 0 Å². The topological polar surface area (TPSA) is 21.3 Å². The zero-order chi connectivity index (χ0) is 16.9. The molecule has 1 aromatic carbocycles. The molecule has 1 aliphatic rings. The first kappa shape index (κ1) is 18.3. The lowest BCUT2D eigenvalue weighted by molar-refractivity contribution is 0.267. The summed E-state index contributed by atoms with van der Waals surface area (Å²) in [6.45, 7) is 13.6. The molecular formula is C21H35NO. The fourth-order valence-corrected chi connectivity index (χ4v) is 3.92. The van der Waals surface area contributed by atoms with Crippen molar-refractivity contribution in [2.24, 2.45) is 5.41 Å².